The van der Waals surface area contributed by atoms with Gasteiger partial charge in [-0.2, -0.15) is 0 Å². The van der Waals surface area contributed by atoms with Crippen molar-refractivity contribution in [1.29, 1.82) is 0 Å². The molecule has 0 spiro atoms. The van der Waals surface area contributed by atoms with Crippen LogP contribution in [0.15, 0.2) is 11.1 Å². The average Bonchev–Trinajstić information content (AvgIpc) is 2.19. The number of carbonyl (C=O) groups is 1. The second kappa shape index (κ2) is 4.09. The smallest absolute Gasteiger partial charge is 0.155 e. The number of hydrogen-bond acceptors (Lipinski definition) is 2. The second-order valence-electron chi connectivity index (χ2n) is 5.16. The highest BCUT2D eigenvalue weighted by molar-refractivity contribution is 5.94. The van der Waals surface area contributed by atoms with E-state index in [0.29, 0.717) is 5.92 Å². The number of ketones is 1. The molecule has 3 unspecified atom stereocenters. The molecular weight excluding hydrogens is 186 g/mol. The molecule has 2 aliphatic rings. The van der Waals surface area contributed by atoms with Crippen LogP contribution in [-0.4, -0.2) is 18.9 Å². The minimum absolute atomic E-state index is 0.282. The normalized spacial score (nSPS) is 36.3. The highest BCUT2D eigenvalue weighted by Gasteiger charge is 2.35. The van der Waals surface area contributed by atoms with Crippen molar-refractivity contribution >= 4 is 5.78 Å². The van der Waals surface area contributed by atoms with Gasteiger partial charge in [0.05, 0.1) is 0 Å². The molecule has 1 heterocycles. The number of Topliss-reactive ketones (excluding diaryl/α,β-unsaturated/α-hetero) is 1. The quantitative estimate of drug-likeness (QED) is 0.714. The van der Waals surface area contributed by atoms with Crippen LogP contribution in [0.2, 0.25) is 0 Å². The third-order valence-corrected chi connectivity index (χ3v) is 4.26. The van der Waals surface area contributed by atoms with Crippen LogP contribution >= 0.6 is 0 Å². The lowest BCUT2D eigenvalue weighted by molar-refractivity contribution is -0.114. The summed E-state index contributed by atoms with van der Waals surface area (Å²) in [5.74, 6) is 2.45. The molecule has 1 saturated heterocycles. The van der Waals surface area contributed by atoms with Gasteiger partial charge in [0.25, 0.3) is 0 Å². The van der Waals surface area contributed by atoms with Crippen molar-refractivity contribution in [3.05, 3.63) is 11.1 Å². The molecule has 0 radical (unpaired) electrons. The minimum atomic E-state index is 0.282. The van der Waals surface area contributed by atoms with Crippen LogP contribution < -0.4 is 5.32 Å². The molecule has 0 aromatic rings. The summed E-state index contributed by atoms with van der Waals surface area (Å²) >= 11 is 0. The molecular formula is C13H21NO. The fourth-order valence-corrected chi connectivity index (χ4v) is 3.31. The van der Waals surface area contributed by atoms with Crippen LogP contribution in [0.3, 0.4) is 0 Å². The van der Waals surface area contributed by atoms with Crippen LogP contribution in [0.1, 0.15) is 33.6 Å². The summed E-state index contributed by atoms with van der Waals surface area (Å²) in [7, 11) is 0. The SMILES string of the molecule is CC(=O)C1=C(C)C2CNCC(C)C2CC1. The maximum absolute atomic E-state index is 11.5. The maximum Gasteiger partial charge on any atom is 0.155 e. The van der Waals surface area contributed by atoms with Crippen molar-refractivity contribution in [1.82, 2.24) is 5.32 Å². The number of carbonyl (C=O) groups excluding carboxylic acids is 1. The number of piperidine rings is 1. The molecule has 2 rings (SSSR count). The van der Waals surface area contributed by atoms with E-state index < -0.39 is 0 Å². The molecule has 1 aliphatic carbocycles. The van der Waals surface area contributed by atoms with Crippen molar-refractivity contribution < 1.29 is 4.79 Å². The van der Waals surface area contributed by atoms with E-state index in [9.17, 15) is 4.79 Å². The van der Waals surface area contributed by atoms with Gasteiger partial charge in [-0.05, 0) is 56.6 Å². The largest absolute Gasteiger partial charge is 0.316 e. The van der Waals surface area contributed by atoms with Crippen LogP contribution in [0.25, 0.3) is 0 Å². The van der Waals surface area contributed by atoms with Crippen LogP contribution in [0.4, 0.5) is 0 Å². The lowest BCUT2D eigenvalue weighted by Gasteiger charge is -2.41. The summed E-state index contributed by atoms with van der Waals surface area (Å²) in [4.78, 5) is 11.5. The van der Waals surface area contributed by atoms with Crippen molar-refractivity contribution in [2.75, 3.05) is 13.1 Å². The standard InChI is InChI=1S/C13H21NO/c1-8-6-14-7-13-9(2)12(10(3)15)5-4-11(8)13/h8,11,13-14H,4-7H2,1-3H3. The predicted octanol–water partition coefficient (Wildman–Crippen LogP) is 2.16. The van der Waals surface area contributed by atoms with Gasteiger partial charge >= 0.3 is 0 Å². The Hall–Kier alpha value is -0.630. The molecule has 1 N–H and O–H groups in total. The summed E-state index contributed by atoms with van der Waals surface area (Å²) < 4.78 is 0. The number of allylic oxidation sites excluding steroid dienone is 1. The van der Waals surface area contributed by atoms with Crippen molar-refractivity contribution in [2.24, 2.45) is 17.8 Å². The van der Waals surface area contributed by atoms with Crippen molar-refractivity contribution in [3.8, 4) is 0 Å². The van der Waals surface area contributed by atoms with E-state index in [2.05, 4.69) is 19.2 Å². The van der Waals surface area contributed by atoms with E-state index in [1.807, 2.05) is 0 Å². The molecule has 3 atom stereocenters. The molecule has 0 saturated carbocycles. The zero-order chi connectivity index (χ0) is 11.0. The fraction of sp³-hybridized carbons (Fsp3) is 0.769. The van der Waals surface area contributed by atoms with Crippen molar-refractivity contribution in [2.45, 2.75) is 33.6 Å². The van der Waals surface area contributed by atoms with E-state index in [1.165, 1.54) is 12.0 Å². The molecule has 0 amide bonds. The first kappa shape index (κ1) is 10.9. The molecule has 0 aromatic carbocycles. The number of rotatable bonds is 1. The first-order valence-corrected chi connectivity index (χ1v) is 6.02. The third-order valence-electron chi connectivity index (χ3n) is 4.26. The lowest BCUT2D eigenvalue weighted by Crippen LogP contribution is -2.44. The average molecular weight is 207 g/mol. The van der Waals surface area contributed by atoms with E-state index in [0.717, 1.165) is 36.9 Å². The van der Waals surface area contributed by atoms with E-state index in [1.54, 1.807) is 6.92 Å². The minimum Gasteiger partial charge on any atom is -0.316 e. The monoisotopic (exact) mass is 207 g/mol. The zero-order valence-electron chi connectivity index (χ0n) is 9.97. The van der Waals surface area contributed by atoms with Gasteiger partial charge < -0.3 is 5.32 Å². The highest BCUT2D eigenvalue weighted by atomic mass is 16.1. The Morgan fingerprint density at radius 1 is 1.40 bits per heavy atom. The van der Waals surface area contributed by atoms with Gasteiger partial charge in [-0.1, -0.05) is 12.5 Å². The zero-order valence-corrected chi connectivity index (χ0v) is 9.97. The Balaban J connectivity index is 2.26. The maximum atomic E-state index is 11.5. The van der Waals surface area contributed by atoms with Gasteiger partial charge in [0.2, 0.25) is 0 Å². The molecule has 2 nitrogen and oxygen atoms in total. The van der Waals surface area contributed by atoms with Gasteiger partial charge in [-0.3, -0.25) is 4.79 Å². The summed E-state index contributed by atoms with van der Waals surface area (Å²) in [5, 5.41) is 3.48. The van der Waals surface area contributed by atoms with Gasteiger partial charge in [0, 0.05) is 6.54 Å². The Bertz CT molecular complexity index is 306. The molecule has 1 aliphatic heterocycles. The van der Waals surface area contributed by atoms with Crippen LogP contribution in [0.5, 0.6) is 0 Å². The summed E-state index contributed by atoms with van der Waals surface area (Å²) in [6.07, 6.45) is 2.21. The van der Waals surface area contributed by atoms with E-state index >= 15 is 0 Å². The molecule has 15 heavy (non-hydrogen) atoms. The van der Waals surface area contributed by atoms with Gasteiger partial charge in [-0.25, -0.2) is 0 Å². The fourth-order valence-electron chi connectivity index (χ4n) is 3.31. The number of fused-ring (bicyclic) bond motifs is 1. The third kappa shape index (κ3) is 1.87. The summed E-state index contributed by atoms with van der Waals surface area (Å²) in [6.45, 7) is 8.41. The van der Waals surface area contributed by atoms with Crippen molar-refractivity contribution in [3.63, 3.8) is 0 Å². The van der Waals surface area contributed by atoms with E-state index in [-0.39, 0.29) is 5.78 Å². The van der Waals surface area contributed by atoms with Gasteiger partial charge in [-0.15, -0.1) is 0 Å². The summed E-state index contributed by atoms with van der Waals surface area (Å²) in [6, 6.07) is 0. The first-order chi connectivity index (χ1) is 7.11. The topological polar surface area (TPSA) is 29.1 Å². The number of nitrogens with one attached hydrogen (secondary N) is 1. The Labute approximate surface area is 92.1 Å². The molecule has 2 heteroatoms. The predicted molar refractivity (Wildman–Crippen MR) is 61.6 cm³/mol. The Morgan fingerprint density at radius 2 is 2.13 bits per heavy atom. The second-order valence-corrected chi connectivity index (χ2v) is 5.16. The van der Waals surface area contributed by atoms with Crippen LogP contribution in [0, 0.1) is 17.8 Å². The summed E-state index contributed by atoms with van der Waals surface area (Å²) in [5.41, 5.74) is 2.46. The van der Waals surface area contributed by atoms with Gasteiger partial charge in [0.15, 0.2) is 5.78 Å². The Kier molecular flexibility index (Phi) is 2.96. The molecule has 84 valence electrons. The van der Waals surface area contributed by atoms with Crippen LogP contribution in [-0.2, 0) is 4.79 Å². The lowest BCUT2D eigenvalue weighted by atomic mass is 9.68. The van der Waals surface area contributed by atoms with Gasteiger partial charge in [0.1, 0.15) is 0 Å². The van der Waals surface area contributed by atoms with E-state index in [4.69, 9.17) is 0 Å². The molecule has 1 fully saturated rings. The molecule has 0 bridgehead atoms. The highest BCUT2D eigenvalue weighted by Crippen LogP contribution is 2.40. The Morgan fingerprint density at radius 3 is 2.80 bits per heavy atom. The number of hydrogen-bond donors (Lipinski definition) is 1. The first-order valence-electron chi connectivity index (χ1n) is 6.02. The molecule has 0 aromatic heterocycles.